The van der Waals surface area contributed by atoms with Crippen molar-refractivity contribution in [2.24, 2.45) is 0 Å². The third-order valence-corrected chi connectivity index (χ3v) is 3.60. The van der Waals surface area contributed by atoms with Gasteiger partial charge in [-0.2, -0.15) is 0 Å². The van der Waals surface area contributed by atoms with Crippen LogP contribution in [0.25, 0.3) is 16.7 Å². The van der Waals surface area contributed by atoms with Crippen LogP contribution in [0.4, 0.5) is 14.7 Å². The molecule has 0 bridgehead atoms. The Balaban J connectivity index is 2.36. The molecule has 2 N–H and O–H groups in total. The minimum atomic E-state index is -0.552. The smallest absolute Gasteiger partial charge is 0.206 e. The number of imidazole rings is 1. The fourth-order valence-electron chi connectivity index (χ4n) is 2.16. The second kappa shape index (κ2) is 5.00. The molecule has 0 spiro atoms. The van der Waals surface area contributed by atoms with E-state index < -0.39 is 11.6 Å². The van der Waals surface area contributed by atoms with Gasteiger partial charge in [0.1, 0.15) is 5.82 Å². The Morgan fingerprint density at radius 3 is 2.67 bits per heavy atom. The Bertz CT molecular complexity index is 848. The quantitative estimate of drug-likeness (QED) is 0.764. The lowest BCUT2D eigenvalue weighted by molar-refractivity contribution is 0.387. The van der Waals surface area contributed by atoms with Crippen LogP contribution >= 0.6 is 15.9 Å². The number of hydrogen-bond donors (Lipinski definition) is 1. The summed E-state index contributed by atoms with van der Waals surface area (Å²) in [5.41, 5.74) is 6.86. The molecule has 0 aliphatic heterocycles. The second-order valence-corrected chi connectivity index (χ2v) is 5.29. The molecule has 0 radical (unpaired) electrons. The minimum absolute atomic E-state index is 0.0408. The molecule has 1 aromatic heterocycles. The van der Waals surface area contributed by atoms with E-state index in [9.17, 15) is 8.78 Å². The van der Waals surface area contributed by atoms with Crippen LogP contribution in [0.1, 0.15) is 0 Å². The summed E-state index contributed by atoms with van der Waals surface area (Å²) in [6, 6.07) is 7.10. The lowest BCUT2D eigenvalue weighted by atomic mass is 10.2. The van der Waals surface area contributed by atoms with Gasteiger partial charge in [0.25, 0.3) is 0 Å². The third-order valence-electron chi connectivity index (χ3n) is 3.10. The van der Waals surface area contributed by atoms with Crippen molar-refractivity contribution in [3.8, 4) is 11.4 Å². The van der Waals surface area contributed by atoms with Crippen molar-refractivity contribution >= 4 is 32.9 Å². The van der Waals surface area contributed by atoms with Gasteiger partial charge < -0.3 is 10.5 Å². The van der Waals surface area contributed by atoms with Gasteiger partial charge in [-0.05, 0) is 18.2 Å². The molecule has 3 aromatic rings. The maximum absolute atomic E-state index is 14.1. The van der Waals surface area contributed by atoms with Crippen LogP contribution in [0.15, 0.2) is 34.8 Å². The highest BCUT2D eigenvalue weighted by Gasteiger charge is 2.16. The highest BCUT2D eigenvalue weighted by molar-refractivity contribution is 9.10. The lowest BCUT2D eigenvalue weighted by Crippen LogP contribution is -2.03. The molecule has 21 heavy (non-hydrogen) atoms. The first-order valence-corrected chi connectivity index (χ1v) is 6.77. The van der Waals surface area contributed by atoms with Crippen LogP contribution < -0.4 is 10.5 Å². The lowest BCUT2D eigenvalue weighted by Gasteiger charge is -2.09. The summed E-state index contributed by atoms with van der Waals surface area (Å²) in [7, 11) is 1.36. The third kappa shape index (κ3) is 2.23. The molecule has 4 nitrogen and oxygen atoms in total. The van der Waals surface area contributed by atoms with Gasteiger partial charge in [-0.25, -0.2) is 13.8 Å². The molecule has 0 aliphatic rings. The van der Waals surface area contributed by atoms with Crippen molar-refractivity contribution in [1.29, 1.82) is 0 Å². The predicted molar refractivity (Wildman–Crippen MR) is 79.7 cm³/mol. The van der Waals surface area contributed by atoms with Gasteiger partial charge in [0.05, 0.1) is 23.8 Å². The highest BCUT2D eigenvalue weighted by atomic mass is 79.9. The first-order chi connectivity index (χ1) is 10.0. The summed E-state index contributed by atoms with van der Waals surface area (Å²) in [5, 5.41) is 0. The summed E-state index contributed by atoms with van der Waals surface area (Å²) >= 11 is 3.28. The molecular weight excluding hydrogens is 344 g/mol. The molecule has 0 saturated heterocycles. The largest absolute Gasteiger partial charge is 0.494 e. The van der Waals surface area contributed by atoms with Gasteiger partial charge in [0.15, 0.2) is 11.6 Å². The van der Waals surface area contributed by atoms with E-state index in [0.717, 1.165) is 0 Å². The topological polar surface area (TPSA) is 53.1 Å². The van der Waals surface area contributed by atoms with E-state index in [2.05, 4.69) is 20.9 Å². The molecule has 0 amide bonds. The minimum Gasteiger partial charge on any atom is -0.494 e. The predicted octanol–water partition coefficient (Wildman–Crippen LogP) is 3.66. The molecule has 108 valence electrons. The van der Waals surface area contributed by atoms with Crippen LogP contribution in [-0.4, -0.2) is 16.7 Å². The summed E-state index contributed by atoms with van der Waals surface area (Å²) < 4.78 is 34.8. The molecule has 0 aliphatic carbocycles. The standard InChI is InChI=1S/C14H10BrF2N3O/c1-21-13-6-12-10(5-9(13)17)19-14(18)20(12)11-4-7(15)2-3-8(11)16/h2-6H,1H3,(H2,18,19). The van der Waals surface area contributed by atoms with Crippen molar-refractivity contribution in [1.82, 2.24) is 9.55 Å². The molecule has 7 heteroatoms. The highest BCUT2D eigenvalue weighted by Crippen LogP contribution is 2.30. The molecular formula is C14H10BrF2N3O. The van der Waals surface area contributed by atoms with E-state index in [1.807, 2.05) is 0 Å². The number of nitrogens with zero attached hydrogens (tertiary/aromatic N) is 2. The Morgan fingerprint density at radius 1 is 1.19 bits per heavy atom. The first kappa shape index (κ1) is 13.8. The van der Waals surface area contributed by atoms with E-state index >= 15 is 0 Å². The number of anilines is 1. The van der Waals surface area contributed by atoms with Crippen molar-refractivity contribution < 1.29 is 13.5 Å². The SMILES string of the molecule is COc1cc2c(cc1F)nc(N)n2-c1cc(Br)ccc1F. The first-order valence-electron chi connectivity index (χ1n) is 5.98. The van der Waals surface area contributed by atoms with Crippen molar-refractivity contribution in [3.63, 3.8) is 0 Å². The molecule has 0 unspecified atom stereocenters. The number of halogens is 3. The monoisotopic (exact) mass is 353 g/mol. The number of ether oxygens (including phenoxy) is 1. The summed E-state index contributed by atoms with van der Waals surface area (Å²) in [5.74, 6) is -0.912. The van der Waals surface area contributed by atoms with Crippen LogP contribution in [0.3, 0.4) is 0 Å². The molecule has 2 aromatic carbocycles. The van der Waals surface area contributed by atoms with Crippen LogP contribution in [0.5, 0.6) is 5.75 Å². The normalized spacial score (nSPS) is 11.0. The van der Waals surface area contributed by atoms with Gasteiger partial charge >= 0.3 is 0 Å². The van der Waals surface area contributed by atoms with E-state index in [0.29, 0.717) is 15.5 Å². The average molecular weight is 354 g/mol. The fraction of sp³-hybridized carbons (Fsp3) is 0.0714. The van der Waals surface area contributed by atoms with Crippen LogP contribution in [-0.2, 0) is 0 Å². The summed E-state index contributed by atoms with van der Waals surface area (Å²) in [6.07, 6.45) is 0. The number of rotatable bonds is 2. The van der Waals surface area contributed by atoms with Crippen molar-refractivity contribution in [2.75, 3.05) is 12.8 Å². The number of benzene rings is 2. The van der Waals surface area contributed by atoms with Crippen LogP contribution in [0.2, 0.25) is 0 Å². The zero-order chi connectivity index (χ0) is 15.1. The Labute approximate surface area is 127 Å². The van der Waals surface area contributed by atoms with Gasteiger partial charge in [0, 0.05) is 16.6 Å². The van der Waals surface area contributed by atoms with E-state index in [1.165, 1.54) is 29.9 Å². The number of hydrogen-bond acceptors (Lipinski definition) is 3. The van der Waals surface area contributed by atoms with Gasteiger partial charge in [-0.1, -0.05) is 15.9 Å². The average Bonchev–Trinajstić information content (AvgIpc) is 2.75. The Hall–Kier alpha value is -2.15. The fourth-order valence-corrected chi connectivity index (χ4v) is 2.51. The van der Waals surface area contributed by atoms with Crippen molar-refractivity contribution in [2.45, 2.75) is 0 Å². The molecule has 1 heterocycles. The molecule has 0 saturated carbocycles. The number of methoxy groups -OCH3 is 1. The maximum Gasteiger partial charge on any atom is 0.206 e. The number of aromatic nitrogens is 2. The molecule has 3 rings (SSSR count). The molecule has 0 atom stereocenters. The summed E-state index contributed by atoms with van der Waals surface area (Å²) in [4.78, 5) is 4.06. The molecule has 0 fully saturated rings. The van der Waals surface area contributed by atoms with Gasteiger partial charge in [0.2, 0.25) is 5.95 Å². The number of nitrogens with two attached hydrogens (primary N) is 1. The van der Waals surface area contributed by atoms with Crippen molar-refractivity contribution in [3.05, 3.63) is 46.4 Å². The second-order valence-electron chi connectivity index (χ2n) is 4.38. The van der Waals surface area contributed by atoms with E-state index in [-0.39, 0.29) is 17.4 Å². The summed E-state index contributed by atoms with van der Waals surface area (Å²) in [6.45, 7) is 0. The Morgan fingerprint density at radius 2 is 1.95 bits per heavy atom. The van der Waals surface area contributed by atoms with E-state index in [4.69, 9.17) is 10.5 Å². The maximum atomic E-state index is 14.1. The van der Waals surface area contributed by atoms with Gasteiger partial charge in [-0.15, -0.1) is 0 Å². The van der Waals surface area contributed by atoms with E-state index in [1.54, 1.807) is 12.1 Å². The zero-order valence-corrected chi connectivity index (χ0v) is 12.5. The van der Waals surface area contributed by atoms with Crippen LogP contribution in [0, 0.1) is 11.6 Å². The number of nitrogen functional groups attached to an aromatic ring is 1. The zero-order valence-electron chi connectivity index (χ0n) is 10.9. The number of fused-ring (bicyclic) bond motifs is 1. The van der Waals surface area contributed by atoms with Gasteiger partial charge in [-0.3, -0.25) is 4.57 Å². The Kier molecular flexibility index (Phi) is 3.29.